The second-order valence-electron chi connectivity index (χ2n) is 8.32. The van der Waals surface area contributed by atoms with Gasteiger partial charge in [0.15, 0.2) is 0 Å². The molecule has 0 saturated carbocycles. The van der Waals surface area contributed by atoms with Gasteiger partial charge in [0.05, 0.1) is 6.61 Å². The van der Waals surface area contributed by atoms with Crippen molar-refractivity contribution in [1.29, 1.82) is 0 Å². The summed E-state index contributed by atoms with van der Waals surface area (Å²) in [6, 6.07) is 3.76. The molecule has 35 heavy (non-hydrogen) atoms. The van der Waals surface area contributed by atoms with Crippen molar-refractivity contribution >= 4 is 29.6 Å². The average Bonchev–Trinajstić information content (AvgIpc) is 2.83. The van der Waals surface area contributed by atoms with Gasteiger partial charge in [0.2, 0.25) is 23.6 Å². The molecule has 4 amide bonds. The van der Waals surface area contributed by atoms with Gasteiger partial charge in [-0.25, -0.2) is 4.79 Å². The van der Waals surface area contributed by atoms with Crippen LogP contribution in [0.2, 0.25) is 0 Å². The number of carbonyl (C=O) groups excluding carboxylic acids is 4. The maximum absolute atomic E-state index is 13.0. The van der Waals surface area contributed by atoms with E-state index in [-0.39, 0.29) is 25.2 Å². The molecule has 5 atom stereocenters. The lowest BCUT2D eigenvalue weighted by molar-refractivity contribution is -0.142. The molecule has 194 valence electrons. The molecule has 0 fully saturated rings. The number of aliphatic hydroxyl groups excluding tert-OH is 1. The number of carbonyl (C=O) groups is 5. The van der Waals surface area contributed by atoms with Crippen molar-refractivity contribution in [1.82, 2.24) is 16.0 Å². The highest BCUT2D eigenvalue weighted by molar-refractivity contribution is 5.94. The number of hydrogen-bond acceptors (Lipinski definition) is 7. The van der Waals surface area contributed by atoms with E-state index in [2.05, 4.69) is 16.0 Å². The fourth-order valence-corrected chi connectivity index (χ4v) is 3.18. The number of aliphatic hydroxyl groups is 1. The Kier molecular flexibility index (Phi) is 12.4. The second kappa shape index (κ2) is 14.7. The minimum absolute atomic E-state index is 0.00297. The highest BCUT2D eigenvalue weighted by Gasteiger charge is 2.32. The molecule has 1 aromatic carbocycles. The van der Waals surface area contributed by atoms with Crippen LogP contribution in [0.25, 0.3) is 0 Å². The van der Waals surface area contributed by atoms with Crippen LogP contribution in [0.15, 0.2) is 30.3 Å². The van der Waals surface area contributed by atoms with E-state index in [1.165, 1.54) is 0 Å². The molecule has 0 aliphatic rings. The van der Waals surface area contributed by atoms with Gasteiger partial charge in [-0.1, -0.05) is 50.6 Å². The average molecular weight is 494 g/mol. The van der Waals surface area contributed by atoms with Gasteiger partial charge in [-0.2, -0.15) is 0 Å². The van der Waals surface area contributed by atoms with Crippen LogP contribution in [0.4, 0.5) is 0 Å². The second-order valence-corrected chi connectivity index (χ2v) is 8.32. The molecular weight excluding hydrogens is 458 g/mol. The third kappa shape index (κ3) is 10.1. The van der Waals surface area contributed by atoms with Crippen LogP contribution in [-0.2, 0) is 30.4 Å². The lowest BCUT2D eigenvalue weighted by Crippen LogP contribution is -2.59. The fraction of sp³-hybridized carbons (Fsp3) is 0.522. The van der Waals surface area contributed by atoms with Gasteiger partial charge in [-0.15, -0.1) is 0 Å². The van der Waals surface area contributed by atoms with Crippen molar-refractivity contribution in [3.05, 3.63) is 35.9 Å². The molecule has 12 heteroatoms. The van der Waals surface area contributed by atoms with Gasteiger partial charge < -0.3 is 37.6 Å². The highest BCUT2D eigenvalue weighted by Crippen LogP contribution is 2.10. The van der Waals surface area contributed by atoms with Crippen LogP contribution in [0.1, 0.15) is 38.7 Å². The van der Waals surface area contributed by atoms with E-state index in [0.717, 1.165) is 0 Å². The van der Waals surface area contributed by atoms with E-state index in [1.807, 2.05) is 0 Å². The van der Waals surface area contributed by atoms with E-state index in [9.17, 15) is 29.1 Å². The third-order valence-corrected chi connectivity index (χ3v) is 5.54. The molecular formula is C23H35N5O7. The minimum atomic E-state index is -1.29. The zero-order valence-corrected chi connectivity index (χ0v) is 19.9. The SMILES string of the molecule is CCC(C)C(NC(=O)C(N)CO)C(=O)NC(CCC(N)=O)C(=O)NC(Cc1ccccc1)C(=O)O. The monoisotopic (exact) mass is 493 g/mol. The molecule has 0 aliphatic heterocycles. The maximum atomic E-state index is 13.0. The Morgan fingerprint density at radius 3 is 2.06 bits per heavy atom. The molecule has 0 bridgehead atoms. The summed E-state index contributed by atoms with van der Waals surface area (Å²) in [6.07, 6.45) is 0.0679. The van der Waals surface area contributed by atoms with Crippen molar-refractivity contribution in [2.75, 3.05) is 6.61 Å². The van der Waals surface area contributed by atoms with E-state index >= 15 is 0 Å². The molecule has 0 spiro atoms. The Balaban J connectivity index is 3.05. The smallest absolute Gasteiger partial charge is 0.326 e. The summed E-state index contributed by atoms with van der Waals surface area (Å²) in [6.45, 7) is 2.87. The standard InChI is InChI=1S/C23H35N5O7/c1-3-13(2)19(28-20(31)15(24)12-29)22(33)26-16(9-10-18(25)30)21(32)27-17(23(34)35)11-14-7-5-4-6-8-14/h4-8,13,15-17,19,29H,3,9-12,24H2,1-2H3,(H2,25,30)(H,26,33)(H,27,32)(H,28,31)(H,34,35). The molecule has 12 nitrogen and oxygen atoms in total. The summed E-state index contributed by atoms with van der Waals surface area (Å²) in [4.78, 5) is 61.2. The van der Waals surface area contributed by atoms with Crippen LogP contribution in [0, 0.1) is 5.92 Å². The Labute approximate surface area is 203 Å². The number of nitrogens with two attached hydrogens (primary N) is 2. The largest absolute Gasteiger partial charge is 0.480 e. The number of amides is 4. The first-order valence-electron chi connectivity index (χ1n) is 11.3. The predicted octanol–water partition coefficient (Wildman–Crippen LogP) is -1.60. The molecule has 1 rings (SSSR count). The zero-order valence-electron chi connectivity index (χ0n) is 19.9. The summed E-state index contributed by atoms with van der Waals surface area (Å²) < 4.78 is 0. The Morgan fingerprint density at radius 2 is 1.54 bits per heavy atom. The van der Waals surface area contributed by atoms with Crippen molar-refractivity contribution in [2.24, 2.45) is 17.4 Å². The number of primary amides is 1. The summed E-state index contributed by atoms with van der Waals surface area (Å²) in [5.74, 6) is -4.64. The lowest BCUT2D eigenvalue weighted by atomic mass is 9.97. The van der Waals surface area contributed by atoms with E-state index < -0.39 is 60.4 Å². The first-order chi connectivity index (χ1) is 16.5. The zero-order chi connectivity index (χ0) is 26.5. The fourth-order valence-electron chi connectivity index (χ4n) is 3.18. The van der Waals surface area contributed by atoms with E-state index in [1.54, 1.807) is 44.2 Å². The van der Waals surface area contributed by atoms with E-state index in [4.69, 9.17) is 16.6 Å². The van der Waals surface area contributed by atoms with Crippen molar-refractivity contribution in [3.63, 3.8) is 0 Å². The predicted molar refractivity (Wildman–Crippen MR) is 127 cm³/mol. The quantitative estimate of drug-likeness (QED) is 0.151. The van der Waals surface area contributed by atoms with E-state index in [0.29, 0.717) is 12.0 Å². The number of aliphatic carboxylic acids is 1. The molecule has 0 aromatic heterocycles. The Morgan fingerprint density at radius 1 is 0.943 bits per heavy atom. The third-order valence-electron chi connectivity index (χ3n) is 5.54. The summed E-state index contributed by atoms with van der Waals surface area (Å²) in [7, 11) is 0. The normalized spacial score (nSPS) is 15.1. The first-order valence-corrected chi connectivity index (χ1v) is 11.3. The number of benzene rings is 1. The lowest BCUT2D eigenvalue weighted by Gasteiger charge is -2.27. The van der Waals surface area contributed by atoms with Gasteiger partial charge in [-0.05, 0) is 17.9 Å². The first kappa shape index (κ1) is 29.5. The van der Waals surface area contributed by atoms with Crippen LogP contribution >= 0.6 is 0 Å². The molecule has 0 aliphatic carbocycles. The Hall–Kier alpha value is -3.51. The summed E-state index contributed by atoms with van der Waals surface area (Å²) in [5, 5.41) is 26.0. The van der Waals surface area contributed by atoms with Crippen LogP contribution in [-0.4, -0.2) is 70.6 Å². The molecule has 1 aromatic rings. The molecule has 0 heterocycles. The molecule has 0 saturated heterocycles. The van der Waals surface area contributed by atoms with Crippen LogP contribution in [0.5, 0.6) is 0 Å². The molecule has 9 N–H and O–H groups in total. The van der Waals surface area contributed by atoms with Gasteiger partial charge in [0, 0.05) is 12.8 Å². The van der Waals surface area contributed by atoms with Gasteiger partial charge in [-0.3, -0.25) is 19.2 Å². The minimum Gasteiger partial charge on any atom is -0.480 e. The Bertz CT molecular complexity index is 880. The van der Waals surface area contributed by atoms with Gasteiger partial charge >= 0.3 is 5.97 Å². The van der Waals surface area contributed by atoms with Crippen molar-refractivity contribution in [2.45, 2.75) is 63.7 Å². The number of hydrogen-bond donors (Lipinski definition) is 7. The van der Waals surface area contributed by atoms with Crippen molar-refractivity contribution in [3.8, 4) is 0 Å². The number of nitrogens with one attached hydrogen (secondary N) is 3. The molecule has 0 radical (unpaired) electrons. The number of carboxylic acids is 1. The highest BCUT2D eigenvalue weighted by atomic mass is 16.4. The van der Waals surface area contributed by atoms with Gasteiger partial charge in [0.1, 0.15) is 24.2 Å². The number of carboxylic acid groups (broad SMARTS) is 1. The van der Waals surface area contributed by atoms with Gasteiger partial charge in [0.25, 0.3) is 0 Å². The molecule has 5 unspecified atom stereocenters. The number of rotatable bonds is 15. The maximum Gasteiger partial charge on any atom is 0.326 e. The topological polar surface area (TPSA) is 214 Å². The summed E-state index contributed by atoms with van der Waals surface area (Å²) >= 11 is 0. The van der Waals surface area contributed by atoms with Crippen LogP contribution in [0.3, 0.4) is 0 Å². The summed E-state index contributed by atoms with van der Waals surface area (Å²) in [5.41, 5.74) is 11.4. The van der Waals surface area contributed by atoms with Crippen molar-refractivity contribution < 1.29 is 34.2 Å². The van der Waals surface area contributed by atoms with Crippen LogP contribution < -0.4 is 27.4 Å².